The Hall–Kier alpha value is -3.00. The summed E-state index contributed by atoms with van der Waals surface area (Å²) in [4.78, 5) is 9.34. The van der Waals surface area contributed by atoms with Gasteiger partial charge in [-0.25, -0.2) is 9.37 Å². The van der Waals surface area contributed by atoms with Gasteiger partial charge in [0.1, 0.15) is 17.2 Å². The van der Waals surface area contributed by atoms with E-state index in [1.807, 2.05) is 6.20 Å². The van der Waals surface area contributed by atoms with E-state index in [-0.39, 0.29) is 18.0 Å². The molecule has 0 bridgehead atoms. The Morgan fingerprint density at radius 1 is 1.28 bits per heavy atom. The summed E-state index contributed by atoms with van der Waals surface area (Å²) < 4.78 is 29.1. The molecule has 8 heteroatoms. The fourth-order valence-corrected chi connectivity index (χ4v) is 4.19. The molecule has 7 nitrogen and oxygen atoms in total. The molecule has 1 saturated heterocycles. The van der Waals surface area contributed by atoms with Crippen LogP contribution in [0.25, 0.3) is 21.9 Å². The molecule has 2 atom stereocenters. The predicted octanol–water partition coefficient (Wildman–Crippen LogP) is 3.72. The van der Waals surface area contributed by atoms with Gasteiger partial charge in [-0.2, -0.15) is 5.10 Å². The van der Waals surface area contributed by atoms with Crippen molar-refractivity contribution in [2.24, 2.45) is 0 Å². The van der Waals surface area contributed by atoms with Crippen LogP contribution >= 0.6 is 0 Å². The Labute approximate surface area is 167 Å². The highest BCUT2D eigenvalue weighted by Crippen LogP contribution is 2.34. The summed E-state index contributed by atoms with van der Waals surface area (Å²) in [5.41, 5.74) is 2.44. The Morgan fingerprint density at radius 3 is 2.97 bits per heavy atom. The molecule has 0 amide bonds. The minimum Gasteiger partial charge on any atom is -0.493 e. The number of ether oxygens (including phenoxy) is 2. The highest BCUT2D eigenvalue weighted by atomic mass is 19.1. The second kappa shape index (κ2) is 7.11. The molecule has 0 aliphatic carbocycles. The summed E-state index contributed by atoms with van der Waals surface area (Å²) in [6, 6.07) is 4.92. The van der Waals surface area contributed by atoms with Crippen molar-refractivity contribution in [1.82, 2.24) is 24.3 Å². The molecule has 0 N–H and O–H groups in total. The van der Waals surface area contributed by atoms with Crippen molar-refractivity contribution in [3.8, 4) is 5.75 Å². The molecular weight excluding hydrogens is 373 g/mol. The second-order valence-corrected chi connectivity index (χ2v) is 7.49. The normalized spacial score (nSPS) is 19.8. The molecule has 1 aliphatic rings. The number of aromatic nitrogens is 5. The number of hydrogen-bond acceptors (Lipinski definition) is 5. The van der Waals surface area contributed by atoms with Gasteiger partial charge in [-0.05, 0) is 38.0 Å². The van der Waals surface area contributed by atoms with Crippen LogP contribution in [0.1, 0.15) is 31.6 Å². The van der Waals surface area contributed by atoms with Gasteiger partial charge < -0.3 is 14.0 Å². The number of pyridine rings is 1. The van der Waals surface area contributed by atoms with E-state index in [0.29, 0.717) is 18.9 Å². The maximum Gasteiger partial charge on any atom is 0.156 e. The molecule has 1 fully saturated rings. The van der Waals surface area contributed by atoms with Crippen molar-refractivity contribution in [3.05, 3.63) is 48.4 Å². The largest absolute Gasteiger partial charge is 0.493 e. The van der Waals surface area contributed by atoms with Gasteiger partial charge in [-0.1, -0.05) is 0 Å². The zero-order valence-electron chi connectivity index (χ0n) is 16.4. The van der Waals surface area contributed by atoms with Crippen LogP contribution in [-0.4, -0.2) is 44.1 Å². The number of nitrogens with zero attached hydrogens (tertiary/aromatic N) is 5. The van der Waals surface area contributed by atoms with Gasteiger partial charge in [0.05, 0.1) is 49.4 Å². The molecule has 1 aromatic carbocycles. The van der Waals surface area contributed by atoms with Gasteiger partial charge in [-0.15, -0.1) is 0 Å². The Kier molecular flexibility index (Phi) is 4.43. The van der Waals surface area contributed by atoms with Crippen molar-refractivity contribution in [2.45, 2.75) is 38.5 Å². The van der Waals surface area contributed by atoms with Gasteiger partial charge in [0.15, 0.2) is 5.75 Å². The number of benzene rings is 1. The third-order valence-corrected chi connectivity index (χ3v) is 5.52. The lowest BCUT2D eigenvalue weighted by molar-refractivity contribution is 0.00619. The SMILES string of the molecule is COc1cnn(Cc2nc3cnc4ccc(F)cc4c3n2[C@@H]2CCO[C@H](C)C2)c1. The van der Waals surface area contributed by atoms with Gasteiger partial charge in [0, 0.05) is 18.0 Å². The molecule has 0 saturated carbocycles. The van der Waals surface area contributed by atoms with Gasteiger partial charge >= 0.3 is 0 Å². The van der Waals surface area contributed by atoms with Crippen LogP contribution in [0.2, 0.25) is 0 Å². The highest BCUT2D eigenvalue weighted by molar-refractivity contribution is 6.02. The number of hydrogen-bond donors (Lipinski definition) is 0. The highest BCUT2D eigenvalue weighted by Gasteiger charge is 2.26. The lowest BCUT2D eigenvalue weighted by Gasteiger charge is -2.30. The Balaban J connectivity index is 1.71. The number of methoxy groups -OCH3 is 1. The molecule has 0 radical (unpaired) electrons. The number of rotatable bonds is 4. The topological polar surface area (TPSA) is 67.0 Å². The molecule has 29 heavy (non-hydrogen) atoms. The monoisotopic (exact) mass is 395 g/mol. The minimum absolute atomic E-state index is 0.161. The van der Waals surface area contributed by atoms with Crippen LogP contribution in [0.4, 0.5) is 4.39 Å². The van der Waals surface area contributed by atoms with Gasteiger partial charge in [-0.3, -0.25) is 9.67 Å². The van der Waals surface area contributed by atoms with Gasteiger partial charge in [0.25, 0.3) is 0 Å². The lowest BCUT2D eigenvalue weighted by atomic mass is 10.0. The van der Waals surface area contributed by atoms with E-state index < -0.39 is 0 Å². The third kappa shape index (κ3) is 3.23. The van der Waals surface area contributed by atoms with Gasteiger partial charge in [0.2, 0.25) is 0 Å². The van der Waals surface area contributed by atoms with Crippen molar-refractivity contribution in [1.29, 1.82) is 0 Å². The Bertz CT molecular complexity index is 1180. The van der Waals surface area contributed by atoms with Crippen molar-refractivity contribution in [3.63, 3.8) is 0 Å². The maximum absolute atomic E-state index is 14.1. The average molecular weight is 395 g/mol. The average Bonchev–Trinajstić information content (AvgIpc) is 3.32. The van der Waals surface area contributed by atoms with Crippen molar-refractivity contribution in [2.75, 3.05) is 13.7 Å². The standard InChI is InChI=1S/C21H22FN5O2/c1-13-7-15(5-6-29-13)27-20(12-26-11-16(28-2)9-24-26)25-19-10-23-18-4-3-14(22)8-17(18)21(19)27/h3-4,8-11,13,15H,5-7,12H2,1-2H3/t13-,15-/m1/s1. The first kappa shape index (κ1) is 18.1. The number of imidazole rings is 1. The fourth-order valence-electron chi connectivity index (χ4n) is 4.19. The maximum atomic E-state index is 14.1. The molecule has 4 aromatic rings. The van der Waals surface area contributed by atoms with E-state index in [9.17, 15) is 4.39 Å². The summed E-state index contributed by atoms with van der Waals surface area (Å²) in [6.45, 7) is 3.27. The van der Waals surface area contributed by atoms with E-state index in [1.54, 1.807) is 36.3 Å². The van der Waals surface area contributed by atoms with Crippen LogP contribution in [0.3, 0.4) is 0 Å². The Morgan fingerprint density at radius 2 is 2.17 bits per heavy atom. The predicted molar refractivity (Wildman–Crippen MR) is 107 cm³/mol. The lowest BCUT2D eigenvalue weighted by Crippen LogP contribution is -2.27. The van der Waals surface area contributed by atoms with E-state index in [2.05, 4.69) is 21.6 Å². The van der Waals surface area contributed by atoms with Crippen LogP contribution in [0.15, 0.2) is 36.8 Å². The van der Waals surface area contributed by atoms with E-state index in [1.165, 1.54) is 6.07 Å². The van der Waals surface area contributed by atoms with E-state index in [4.69, 9.17) is 14.5 Å². The second-order valence-electron chi connectivity index (χ2n) is 7.49. The molecule has 3 aromatic heterocycles. The summed E-state index contributed by atoms with van der Waals surface area (Å²) in [5.74, 6) is 1.28. The quantitative estimate of drug-likeness (QED) is 0.527. The minimum atomic E-state index is -0.279. The molecule has 0 unspecified atom stereocenters. The number of halogens is 1. The fraction of sp³-hybridized carbons (Fsp3) is 0.381. The zero-order chi connectivity index (χ0) is 20.0. The van der Waals surface area contributed by atoms with Crippen molar-refractivity contribution >= 4 is 21.9 Å². The molecule has 150 valence electrons. The molecule has 5 rings (SSSR count). The summed E-state index contributed by atoms with van der Waals surface area (Å²) >= 11 is 0. The van der Waals surface area contributed by atoms with E-state index >= 15 is 0 Å². The van der Waals surface area contributed by atoms with Crippen LogP contribution < -0.4 is 4.74 Å². The summed E-state index contributed by atoms with van der Waals surface area (Å²) in [6.07, 6.45) is 7.20. The zero-order valence-corrected chi connectivity index (χ0v) is 16.4. The van der Waals surface area contributed by atoms with Crippen LogP contribution in [0.5, 0.6) is 5.75 Å². The van der Waals surface area contributed by atoms with Crippen LogP contribution in [-0.2, 0) is 11.3 Å². The first-order valence-corrected chi connectivity index (χ1v) is 9.75. The first-order chi connectivity index (χ1) is 14.1. The molecule has 1 aliphatic heterocycles. The van der Waals surface area contributed by atoms with Crippen LogP contribution in [0, 0.1) is 5.82 Å². The molecule has 4 heterocycles. The first-order valence-electron chi connectivity index (χ1n) is 9.75. The number of fused-ring (bicyclic) bond motifs is 3. The smallest absolute Gasteiger partial charge is 0.156 e. The van der Waals surface area contributed by atoms with Crippen molar-refractivity contribution < 1.29 is 13.9 Å². The third-order valence-electron chi connectivity index (χ3n) is 5.52. The molecular formula is C21H22FN5O2. The summed E-state index contributed by atoms with van der Waals surface area (Å²) in [7, 11) is 1.62. The molecule has 0 spiro atoms. The summed E-state index contributed by atoms with van der Waals surface area (Å²) in [5, 5.41) is 5.14. The van der Waals surface area contributed by atoms with E-state index in [0.717, 1.165) is 40.6 Å².